The molecule has 0 saturated heterocycles. The van der Waals surface area contributed by atoms with Crippen molar-refractivity contribution in [2.45, 2.75) is 39.7 Å². The van der Waals surface area contributed by atoms with E-state index < -0.39 is 0 Å². The van der Waals surface area contributed by atoms with Crippen LogP contribution in [0.5, 0.6) is 0 Å². The van der Waals surface area contributed by atoms with Crippen LogP contribution in [0.15, 0.2) is 35.6 Å². The van der Waals surface area contributed by atoms with E-state index in [1.54, 1.807) is 13.4 Å². The van der Waals surface area contributed by atoms with E-state index in [2.05, 4.69) is 68.5 Å². The fraction of sp³-hybridized carbons (Fsp3) is 0.500. The SMILES string of the molecule is CCc1ccc(CCNC(=NC)NCCn2cnnc2CC)cc1.I. The quantitative estimate of drug-likeness (QED) is 0.364. The number of halogens is 1. The van der Waals surface area contributed by atoms with Gasteiger partial charge in [-0.25, -0.2) is 0 Å². The van der Waals surface area contributed by atoms with Crippen LogP contribution < -0.4 is 10.6 Å². The lowest BCUT2D eigenvalue weighted by Gasteiger charge is -2.12. The first-order valence-electron chi connectivity index (χ1n) is 8.65. The van der Waals surface area contributed by atoms with Gasteiger partial charge in [-0.2, -0.15) is 0 Å². The first-order valence-corrected chi connectivity index (χ1v) is 8.65. The highest BCUT2D eigenvalue weighted by atomic mass is 127. The summed E-state index contributed by atoms with van der Waals surface area (Å²) in [5.74, 6) is 1.83. The third-order valence-electron chi connectivity index (χ3n) is 4.02. The molecule has 2 rings (SSSR count). The van der Waals surface area contributed by atoms with E-state index in [4.69, 9.17) is 0 Å². The average Bonchev–Trinajstić information content (AvgIpc) is 3.08. The molecule has 1 aromatic heterocycles. The Balaban J connectivity index is 0.00000312. The molecule has 0 amide bonds. The van der Waals surface area contributed by atoms with Gasteiger partial charge in [-0.1, -0.05) is 38.1 Å². The lowest BCUT2D eigenvalue weighted by Crippen LogP contribution is -2.39. The first kappa shape index (κ1) is 21.4. The van der Waals surface area contributed by atoms with Gasteiger partial charge in [-0.3, -0.25) is 4.99 Å². The summed E-state index contributed by atoms with van der Waals surface area (Å²) in [5.41, 5.74) is 2.72. The van der Waals surface area contributed by atoms with Crippen molar-refractivity contribution < 1.29 is 0 Å². The molecule has 0 atom stereocenters. The number of hydrogen-bond acceptors (Lipinski definition) is 3. The fourth-order valence-electron chi connectivity index (χ4n) is 2.52. The van der Waals surface area contributed by atoms with E-state index in [1.165, 1.54) is 11.1 Å². The standard InChI is InChI=1S/C18H28N6.HI/c1-4-15-6-8-16(9-7-15)10-11-20-18(19-3)21-12-13-24-14-22-23-17(24)5-2;/h6-9,14H,4-5,10-13H2,1-3H3,(H2,19,20,21);1H. The number of guanidine groups is 1. The normalized spacial score (nSPS) is 11.1. The van der Waals surface area contributed by atoms with Gasteiger partial charge in [-0.15, -0.1) is 34.2 Å². The van der Waals surface area contributed by atoms with E-state index in [9.17, 15) is 0 Å². The van der Waals surface area contributed by atoms with Crippen LogP contribution in [0.1, 0.15) is 30.8 Å². The minimum Gasteiger partial charge on any atom is -0.356 e. The van der Waals surface area contributed by atoms with Crippen molar-refractivity contribution in [1.82, 2.24) is 25.4 Å². The van der Waals surface area contributed by atoms with Crippen molar-refractivity contribution in [3.8, 4) is 0 Å². The Bertz CT molecular complexity index is 635. The predicted molar refractivity (Wildman–Crippen MR) is 114 cm³/mol. The van der Waals surface area contributed by atoms with Crippen LogP contribution >= 0.6 is 24.0 Å². The monoisotopic (exact) mass is 456 g/mol. The first-order chi connectivity index (χ1) is 11.8. The molecule has 7 heteroatoms. The Morgan fingerprint density at radius 3 is 2.36 bits per heavy atom. The van der Waals surface area contributed by atoms with Crippen LogP contribution in [0, 0.1) is 0 Å². The van der Waals surface area contributed by atoms with Crippen molar-refractivity contribution in [2.24, 2.45) is 4.99 Å². The molecule has 25 heavy (non-hydrogen) atoms. The van der Waals surface area contributed by atoms with E-state index in [0.717, 1.165) is 50.7 Å². The summed E-state index contributed by atoms with van der Waals surface area (Å²) < 4.78 is 2.07. The molecule has 0 bridgehead atoms. The Morgan fingerprint density at radius 1 is 1.04 bits per heavy atom. The van der Waals surface area contributed by atoms with Gasteiger partial charge >= 0.3 is 0 Å². The van der Waals surface area contributed by atoms with Gasteiger partial charge in [0.05, 0.1) is 0 Å². The lowest BCUT2D eigenvalue weighted by molar-refractivity contribution is 0.632. The molecule has 0 fully saturated rings. The van der Waals surface area contributed by atoms with Crippen LogP contribution in [-0.4, -0.2) is 40.9 Å². The number of aryl methyl sites for hydroxylation is 2. The third kappa shape index (κ3) is 7.01. The van der Waals surface area contributed by atoms with E-state index in [0.29, 0.717) is 0 Å². The highest BCUT2D eigenvalue weighted by molar-refractivity contribution is 14.0. The average molecular weight is 456 g/mol. The van der Waals surface area contributed by atoms with E-state index in [-0.39, 0.29) is 24.0 Å². The molecule has 0 aliphatic carbocycles. The number of hydrogen-bond donors (Lipinski definition) is 2. The second kappa shape index (κ2) is 11.8. The van der Waals surface area contributed by atoms with Crippen LogP contribution in [0.25, 0.3) is 0 Å². The maximum Gasteiger partial charge on any atom is 0.191 e. The Kier molecular flexibility index (Phi) is 10.1. The molecule has 2 aromatic rings. The summed E-state index contributed by atoms with van der Waals surface area (Å²) in [7, 11) is 1.79. The summed E-state index contributed by atoms with van der Waals surface area (Å²) in [4.78, 5) is 4.26. The molecule has 1 heterocycles. The van der Waals surface area contributed by atoms with E-state index in [1.807, 2.05) is 0 Å². The molecule has 0 spiro atoms. The Morgan fingerprint density at radius 2 is 1.72 bits per heavy atom. The summed E-state index contributed by atoms with van der Waals surface area (Å²) in [6.07, 6.45) is 4.73. The van der Waals surface area contributed by atoms with Crippen molar-refractivity contribution >= 4 is 29.9 Å². The zero-order valence-corrected chi connectivity index (χ0v) is 17.7. The van der Waals surface area contributed by atoms with Crippen LogP contribution in [0.3, 0.4) is 0 Å². The summed E-state index contributed by atoms with van der Waals surface area (Å²) in [6.45, 7) is 6.74. The number of benzene rings is 1. The molecule has 0 aliphatic rings. The van der Waals surface area contributed by atoms with Gasteiger partial charge in [0.2, 0.25) is 0 Å². The van der Waals surface area contributed by atoms with Gasteiger partial charge in [0.25, 0.3) is 0 Å². The third-order valence-corrected chi connectivity index (χ3v) is 4.02. The molecule has 0 aliphatic heterocycles. The van der Waals surface area contributed by atoms with Gasteiger partial charge in [0.15, 0.2) is 5.96 Å². The topological polar surface area (TPSA) is 67.1 Å². The predicted octanol–water partition coefficient (Wildman–Crippen LogP) is 2.43. The highest BCUT2D eigenvalue weighted by Gasteiger charge is 2.02. The minimum atomic E-state index is 0. The molecular weight excluding hydrogens is 427 g/mol. The van der Waals surface area contributed by atoms with E-state index >= 15 is 0 Å². The van der Waals surface area contributed by atoms with Crippen molar-refractivity contribution in [1.29, 1.82) is 0 Å². The lowest BCUT2D eigenvalue weighted by atomic mass is 10.1. The minimum absolute atomic E-state index is 0. The van der Waals surface area contributed by atoms with Gasteiger partial charge in [0, 0.05) is 33.1 Å². The summed E-state index contributed by atoms with van der Waals surface area (Å²) >= 11 is 0. The van der Waals surface area contributed by atoms with Crippen molar-refractivity contribution in [3.63, 3.8) is 0 Å². The van der Waals surface area contributed by atoms with Crippen LogP contribution in [0.4, 0.5) is 0 Å². The smallest absolute Gasteiger partial charge is 0.191 e. The Labute approximate surface area is 167 Å². The fourth-order valence-corrected chi connectivity index (χ4v) is 2.52. The van der Waals surface area contributed by atoms with Crippen LogP contribution in [0.2, 0.25) is 0 Å². The second-order valence-corrected chi connectivity index (χ2v) is 5.64. The van der Waals surface area contributed by atoms with Crippen molar-refractivity contribution in [3.05, 3.63) is 47.5 Å². The maximum atomic E-state index is 4.26. The molecule has 0 radical (unpaired) electrons. The number of aromatic nitrogens is 3. The molecule has 2 N–H and O–H groups in total. The van der Waals surface area contributed by atoms with Crippen LogP contribution in [-0.2, 0) is 25.8 Å². The molecular formula is C18H29IN6. The Hall–Kier alpha value is -1.64. The summed E-state index contributed by atoms with van der Waals surface area (Å²) in [5, 5.41) is 14.7. The van der Waals surface area contributed by atoms with Gasteiger partial charge < -0.3 is 15.2 Å². The largest absolute Gasteiger partial charge is 0.356 e. The molecule has 138 valence electrons. The molecule has 1 aromatic carbocycles. The molecule has 6 nitrogen and oxygen atoms in total. The number of nitrogens with zero attached hydrogens (tertiary/aromatic N) is 4. The zero-order chi connectivity index (χ0) is 17.2. The molecule has 0 saturated carbocycles. The van der Waals surface area contributed by atoms with Gasteiger partial charge in [0.1, 0.15) is 12.2 Å². The molecule has 0 unspecified atom stereocenters. The maximum absolute atomic E-state index is 4.26. The van der Waals surface area contributed by atoms with Crippen molar-refractivity contribution in [2.75, 3.05) is 20.1 Å². The number of nitrogens with one attached hydrogen (secondary N) is 2. The number of rotatable bonds is 8. The number of aliphatic imine (C=N–C) groups is 1. The van der Waals surface area contributed by atoms with Gasteiger partial charge in [-0.05, 0) is 24.0 Å². The second-order valence-electron chi connectivity index (χ2n) is 5.64. The summed E-state index contributed by atoms with van der Waals surface area (Å²) in [6, 6.07) is 8.81. The zero-order valence-electron chi connectivity index (χ0n) is 15.3. The highest BCUT2D eigenvalue weighted by Crippen LogP contribution is 2.05.